The molecular formula is C14H22N2. The third-order valence-corrected chi connectivity index (χ3v) is 3.05. The fraction of sp³-hybridized carbons (Fsp3) is 0.571. The molecule has 0 aliphatic carbocycles. The molecule has 0 spiro atoms. The van der Waals surface area contributed by atoms with E-state index in [1.807, 2.05) is 19.2 Å². The molecule has 0 aromatic carbocycles. The summed E-state index contributed by atoms with van der Waals surface area (Å²) < 4.78 is 0. The lowest BCUT2D eigenvalue weighted by atomic mass is 9.92. The summed E-state index contributed by atoms with van der Waals surface area (Å²) in [6.07, 6.45) is 7.58. The molecule has 2 nitrogen and oxygen atoms in total. The Morgan fingerprint density at radius 2 is 2.38 bits per heavy atom. The molecule has 0 bridgehead atoms. The van der Waals surface area contributed by atoms with Crippen LogP contribution in [0.2, 0.25) is 0 Å². The second-order valence-corrected chi connectivity index (χ2v) is 4.61. The Morgan fingerprint density at radius 1 is 1.62 bits per heavy atom. The first-order valence-corrected chi connectivity index (χ1v) is 5.98. The smallest absolute Gasteiger partial charge is 0.0423 e. The molecule has 0 saturated carbocycles. The number of allylic oxidation sites excluding steroid dienone is 2. The van der Waals surface area contributed by atoms with Gasteiger partial charge in [-0.25, -0.2) is 0 Å². The Kier molecular flexibility index (Phi) is 5.17. The van der Waals surface area contributed by atoms with Crippen molar-refractivity contribution in [3.05, 3.63) is 24.4 Å². The van der Waals surface area contributed by atoms with Crippen molar-refractivity contribution in [3.8, 4) is 0 Å². The maximum absolute atomic E-state index is 4.61. The molecule has 16 heavy (non-hydrogen) atoms. The minimum absolute atomic E-state index is 0.728. The van der Waals surface area contributed by atoms with Gasteiger partial charge in [-0.15, -0.1) is 0 Å². The van der Waals surface area contributed by atoms with Crippen LogP contribution in [-0.2, 0) is 0 Å². The van der Waals surface area contributed by atoms with E-state index in [4.69, 9.17) is 0 Å². The van der Waals surface area contributed by atoms with E-state index in [-0.39, 0.29) is 0 Å². The van der Waals surface area contributed by atoms with Gasteiger partial charge >= 0.3 is 0 Å². The lowest BCUT2D eigenvalue weighted by Crippen LogP contribution is -2.09. The minimum atomic E-state index is 0.728. The zero-order chi connectivity index (χ0) is 12.0. The van der Waals surface area contributed by atoms with Gasteiger partial charge in [-0.3, -0.25) is 9.98 Å². The van der Waals surface area contributed by atoms with Gasteiger partial charge in [-0.2, -0.15) is 0 Å². The third-order valence-electron chi connectivity index (χ3n) is 3.05. The van der Waals surface area contributed by atoms with Crippen LogP contribution in [0, 0.1) is 11.8 Å². The third kappa shape index (κ3) is 3.76. The molecule has 0 saturated heterocycles. The summed E-state index contributed by atoms with van der Waals surface area (Å²) in [5, 5.41) is 0. The Labute approximate surface area is 98.9 Å². The predicted octanol–water partition coefficient (Wildman–Crippen LogP) is 3.65. The summed E-state index contributed by atoms with van der Waals surface area (Å²) in [5.74, 6) is 1.46. The first-order chi connectivity index (χ1) is 7.67. The molecule has 0 aromatic rings. The molecule has 1 aliphatic heterocycles. The van der Waals surface area contributed by atoms with Crippen LogP contribution in [0.1, 0.15) is 33.6 Å². The Morgan fingerprint density at radius 3 is 2.88 bits per heavy atom. The lowest BCUT2D eigenvalue weighted by molar-refractivity contribution is 0.425. The van der Waals surface area contributed by atoms with Crippen molar-refractivity contribution in [1.29, 1.82) is 0 Å². The largest absolute Gasteiger partial charge is 0.293 e. The molecular weight excluding hydrogens is 196 g/mol. The van der Waals surface area contributed by atoms with Crippen molar-refractivity contribution in [1.82, 2.24) is 0 Å². The molecule has 0 N–H and O–H groups in total. The van der Waals surface area contributed by atoms with Crippen LogP contribution in [0.5, 0.6) is 0 Å². The zero-order valence-corrected chi connectivity index (χ0v) is 10.6. The number of hydrogen-bond acceptors (Lipinski definition) is 2. The Bertz CT molecular complexity index is 322. The fourth-order valence-corrected chi connectivity index (χ4v) is 1.83. The Balaban J connectivity index is 2.52. The van der Waals surface area contributed by atoms with Crippen LogP contribution in [-0.4, -0.2) is 18.5 Å². The highest BCUT2D eigenvalue weighted by atomic mass is 14.8. The molecule has 88 valence electrons. The van der Waals surface area contributed by atoms with Crippen molar-refractivity contribution in [3.63, 3.8) is 0 Å². The topological polar surface area (TPSA) is 24.7 Å². The lowest BCUT2D eigenvalue weighted by Gasteiger charge is -2.12. The molecule has 0 amide bonds. The van der Waals surface area contributed by atoms with Crippen molar-refractivity contribution in [2.24, 2.45) is 21.8 Å². The van der Waals surface area contributed by atoms with E-state index < -0.39 is 0 Å². The summed E-state index contributed by atoms with van der Waals surface area (Å²) in [4.78, 5) is 8.74. The van der Waals surface area contributed by atoms with Crippen LogP contribution in [0.15, 0.2) is 34.4 Å². The summed E-state index contributed by atoms with van der Waals surface area (Å²) in [7, 11) is 0. The molecule has 0 fully saturated rings. The second-order valence-electron chi connectivity index (χ2n) is 4.61. The second kappa shape index (κ2) is 6.41. The quantitative estimate of drug-likeness (QED) is 0.497. The van der Waals surface area contributed by atoms with E-state index in [9.17, 15) is 0 Å². The standard InChI is InChI=1S/C14H22N2/c1-5-12(9-15-6-2)7-14-8-13(10-16-14)11(3)4/h5-6,9,11,13H,1,7-8,10H2,2-4H3/b12-9+,15-6-. The summed E-state index contributed by atoms with van der Waals surface area (Å²) >= 11 is 0. The number of nitrogens with zero attached hydrogens (tertiary/aromatic N) is 2. The molecule has 1 atom stereocenters. The van der Waals surface area contributed by atoms with Gasteiger partial charge in [0.05, 0.1) is 0 Å². The van der Waals surface area contributed by atoms with Crippen LogP contribution >= 0.6 is 0 Å². The summed E-state index contributed by atoms with van der Waals surface area (Å²) in [6.45, 7) is 11.3. The van der Waals surface area contributed by atoms with Gasteiger partial charge < -0.3 is 0 Å². The molecule has 1 aliphatic rings. The normalized spacial score (nSPS) is 21.9. The van der Waals surface area contributed by atoms with Crippen molar-refractivity contribution in [2.75, 3.05) is 6.54 Å². The molecule has 0 radical (unpaired) electrons. The zero-order valence-electron chi connectivity index (χ0n) is 10.6. The molecule has 1 heterocycles. The Hall–Kier alpha value is -1.18. The molecule has 2 heteroatoms. The average molecular weight is 218 g/mol. The molecule has 1 unspecified atom stereocenters. The number of hydrogen-bond donors (Lipinski definition) is 0. The highest BCUT2D eigenvalue weighted by Crippen LogP contribution is 2.24. The van der Waals surface area contributed by atoms with Crippen molar-refractivity contribution in [2.45, 2.75) is 33.6 Å². The van der Waals surface area contributed by atoms with E-state index in [0.29, 0.717) is 0 Å². The van der Waals surface area contributed by atoms with Gasteiger partial charge in [0.1, 0.15) is 0 Å². The van der Waals surface area contributed by atoms with Crippen LogP contribution in [0.25, 0.3) is 0 Å². The highest BCUT2D eigenvalue weighted by Gasteiger charge is 2.21. The highest BCUT2D eigenvalue weighted by molar-refractivity contribution is 5.88. The minimum Gasteiger partial charge on any atom is -0.293 e. The van der Waals surface area contributed by atoms with E-state index >= 15 is 0 Å². The maximum Gasteiger partial charge on any atom is 0.0423 e. The predicted molar refractivity (Wildman–Crippen MR) is 72.3 cm³/mol. The summed E-state index contributed by atoms with van der Waals surface area (Å²) in [6, 6.07) is 0. The monoisotopic (exact) mass is 218 g/mol. The van der Waals surface area contributed by atoms with E-state index in [2.05, 4.69) is 30.4 Å². The first kappa shape index (κ1) is 12.9. The van der Waals surface area contributed by atoms with Gasteiger partial charge in [0.15, 0.2) is 0 Å². The number of aliphatic imine (C=N–C) groups is 2. The van der Waals surface area contributed by atoms with Crippen molar-refractivity contribution < 1.29 is 0 Å². The van der Waals surface area contributed by atoms with Crippen LogP contribution < -0.4 is 0 Å². The van der Waals surface area contributed by atoms with Gasteiger partial charge in [0, 0.05) is 31.1 Å². The van der Waals surface area contributed by atoms with Gasteiger partial charge in [0.25, 0.3) is 0 Å². The molecule has 1 rings (SSSR count). The first-order valence-electron chi connectivity index (χ1n) is 5.98. The van der Waals surface area contributed by atoms with Gasteiger partial charge in [0.2, 0.25) is 0 Å². The summed E-state index contributed by atoms with van der Waals surface area (Å²) in [5.41, 5.74) is 2.46. The van der Waals surface area contributed by atoms with Crippen LogP contribution in [0.4, 0.5) is 0 Å². The number of rotatable bonds is 5. The SMILES string of the molecule is C=C/C(=C\N=C/C)CC1=NCC(C(C)C)C1. The van der Waals surface area contributed by atoms with Crippen LogP contribution in [0.3, 0.4) is 0 Å². The van der Waals surface area contributed by atoms with Gasteiger partial charge in [-0.05, 0) is 30.8 Å². The average Bonchev–Trinajstić information content (AvgIpc) is 2.72. The fourth-order valence-electron chi connectivity index (χ4n) is 1.83. The van der Waals surface area contributed by atoms with E-state index in [1.54, 1.807) is 6.21 Å². The van der Waals surface area contributed by atoms with E-state index in [1.165, 1.54) is 5.71 Å². The van der Waals surface area contributed by atoms with E-state index in [0.717, 1.165) is 36.8 Å². The maximum atomic E-state index is 4.61. The van der Waals surface area contributed by atoms with Gasteiger partial charge in [-0.1, -0.05) is 26.5 Å². The van der Waals surface area contributed by atoms with Crippen molar-refractivity contribution >= 4 is 11.9 Å². The molecule has 0 aromatic heterocycles.